The van der Waals surface area contributed by atoms with Gasteiger partial charge in [-0.15, -0.1) is 0 Å². The van der Waals surface area contributed by atoms with Crippen molar-refractivity contribution in [3.05, 3.63) is 33.8 Å². The summed E-state index contributed by atoms with van der Waals surface area (Å²) >= 11 is 3.49. The summed E-state index contributed by atoms with van der Waals surface area (Å²) in [6, 6.07) is 6.17. The molecule has 0 saturated carbocycles. The maximum absolute atomic E-state index is 11.4. The zero-order valence-corrected chi connectivity index (χ0v) is 12.3. The molecule has 0 saturated heterocycles. The highest BCUT2D eigenvalue weighted by Gasteiger charge is 2.01. The predicted molar refractivity (Wildman–Crippen MR) is 75.5 cm³/mol. The second-order valence-corrected chi connectivity index (χ2v) is 4.88. The molecule has 1 amide bonds. The van der Waals surface area contributed by atoms with Gasteiger partial charge in [0.05, 0.1) is 13.2 Å². The number of ether oxygens (including phenoxy) is 1. The van der Waals surface area contributed by atoms with E-state index in [9.17, 15) is 4.79 Å². The molecule has 1 aromatic carbocycles. The molecule has 0 atom stereocenters. The largest absolute Gasteiger partial charge is 0.383 e. The van der Waals surface area contributed by atoms with Crippen molar-refractivity contribution in [2.24, 2.45) is 0 Å². The van der Waals surface area contributed by atoms with Crippen molar-refractivity contribution in [1.29, 1.82) is 0 Å². The van der Waals surface area contributed by atoms with E-state index in [2.05, 4.69) is 44.8 Å². The number of methoxy groups -OCH3 is 1. The predicted octanol–water partition coefficient (Wildman–Crippen LogP) is 1.61. The first-order valence-electron chi connectivity index (χ1n) is 5.85. The topological polar surface area (TPSA) is 50.4 Å². The van der Waals surface area contributed by atoms with Gasteiger partial charge in [-0.25, -0.2) is 0 Å². The average molecular weight is 315 g/mol. The molecule has 0 heterocycles. The fraction of sp³-hybridized carbons (Fsp3) is 0.462. The standard InChI is InChI=1S/C13H19BrN2O2/c1-10-3-4-11(7-12(10)14)8-15-9-13(17)16-5-6-18-2/h3-4,7,15H,5-6,8-9H2,1-2H3,(H,16,17). The fourth-order valence-corrected chi connectivity index (χ4v) is 1.85. The third kappa shape index (κ3) is 5.62. The minimum atomic E-state index is -0.0155. The Hall–Kier alpha value is -0.910. The van der Waals surface area contributed by atoms with Gasteiger partial charge in [-0.3, -0.25) is 4.79 Å². The van der Waals surface area contributed by atoms with Gasteiger partial charge in [0, 0.05) is 24.7 Å². The molecule has 0 radical (unpaired) electrons. The van der Waals surface area contributed by atoms with E-state index in [-0.39, 0.29) is 5.91 Å². The van der Waals surface area contributed by atoms with Crippen molar-refractivity contribution in [2.75, 3.05) is 26.8 Å². The second kappa shape index (κ2) is 8.24. The third-order valence-electron chi connectivity index (χ3n) is 2.48. The second-order valence-electron chi connectivity index (χ2n) is 4.03. The van der Waals surface area contributed by atoms with Crippen LogP contribution < -0.4 is 10.6 Å². The number of hydrogen-bond acceptors (Lipinski definition) is 3. The summed E-state index contributed by atoms with van der Waals surface area (Å²) in [5.41, 5.74) is 2.35. The zero-order valence-electron chi connectivity index (χ0n) is 10.8. The van der Waals surface area contributed by atoms with Gasteiger partial charge in [0.25, 0.3) is 0 Å². The van der Waals surface area contributed by atoms with Gasteiger partial charge in [0.15, 0.2) is 0 Å². The molecule has 5 heteroatoms. The first-order valence-corrected chi connectivity index (χ1v) is 6.64. The van der Waals surface area contributed by atoms with Crippen LogP contribution in [0.1, 0.15) is 11.1 Å². The number of hydrogen-bond donors (Lipinski definition) is 2. The number of rotatable bonds is 7. The Morgan fingerprint density at radius 1 is 1.44 bits per heavy atom. The Balaban J connectivity index is 2.24. The van der Waals surface area contributed by atoms with E-state index < -0.39 is 0 Å². The molecule has 0 spiro atoms. The highest BCUT2D eigenvalue weighted by Crippen LogP contribution is 2.17. The minimum Gasteiger partial charge on any atom is -0.383 e. The van der Waals surface area contributed by atoms with Crippen LogP contribution in [0.3, 0.4) is 0 Å². The number of carbonyl (C=O) groups is 1. The first kappa shape index (κ1) is 15.1. The first-order chi connectivity index (χ1) is 8.63. The number of benzene rings is 1. The lowest BCUT2D eigenvalue weighted by atomic mass is 10.1. The molecule has 0 fully saturated rings. The molecule has 18 heavy (non-hydrogen) atoms. The lowest BCUT2D eigenvalue weighted by molar-refractivity contribution is -0.120. The van der Waals surface area contributed by atoms with Crippen LogP contribution in [-0.4, -0.2) is 32.7 Å². The number of amides is 1. The van der Waals surface area contributed by atoms with E-state index in [1.165, 1.54) is 5.56 Å². The molecule has 0 aliphatic heterocycles. The molecule has 0 unspecified atom stereocenters. The van der Waals surface area contributed by atoms with Gasteiger partial charge in [-0.2, -0.15) is 0 Å². The Kier molecular flexibility index (Phi) is 6.93. The summed E-state index contributed by atoms with van der Waals surface area (Å²) in [4.78, 5) is 11.4. The zero-order chi connectivity index (χ0) is 13.4. The summed E-state index contributed by atoms with van der Waals surface area (Å²) in [6.45, 7) is 4.13. The smallest absolute Gasteiger partial charge is 0.234 e. The quantitative estimate of drug-likeness (QED) is 0.752. The summed E-state index contributed by atoms with van der Waals surface area (Å²) < 4.78 is 5.94. The van der Waals surface area contributed by atoms with Crippen molar-refractivity contribution < 1.29 is 9.53 Å². The van der Waals surface area contributed by atoms with Crippen LogP contribution in [0.4, 0.5) is 0 Å². The van der Waals surface area contributed by atoms with Crippen molar-refractivity contribution in [3.63, 3.8) is 0 Å². The number of nitrogens with one attached hydrogen (secondary N) is 2. The van der Waals surface area contributed by atoms with E-state index in [0.717, 1.165) is 10.0 Å². The average Bonchev–Trinajstić information content (AvgIpc) is 2.34. The highest BCUT2D eigenvalue weighted by atomic mass is 79.9. The van der Waals surface area contributed by atoms with E-state index in [4.69, 9.17) is 4.74 Å². The van der Waals surface area contributed by atoms with Crippen molar-refractivity contribution in [2.45, 2.75) is 13.5 Å². The number of carbonyl (C=O) groups excluding carboxylic acids is 1. The monoisotopic (exact) mass is 314 g/mol. The number of halogens is 1. The van der Waals surface area contributed by atoms with E-state index in [1.54, 1.807) is 7.11 Å². The molecular weight excluding hydrogens is 296 g/mol. The fourth-order valence-electron chi connectivity index (χ4n) is 1.42. The van der Waals surface area contributed by atoms with Crippen LogP contribution in [-0.2, 0) is 16.1 Å². The van der Waals surface area contributed by atoms with Gasteiger partial charge in [0.2, 0.25) is 5.91 Å². The van der Waals surface area contributed by atoms with Crippen LogP contribution in [0, 0.1) is 6.92 Å². The highest BCUT2D eigenvalue weighted by molar-refractivity contribution is 9.10. The number of aryl methyl sites for hydroxylation is 1. The van der Waals surface area contributed by atoms with Crippen LogP contribution in [0.2, 0.25) is 0 Å². The maximum atomic E-state index is 11.4. The van der Waals surface area contributed by atoms with E-state index in [0.29, 0.717) is 26.2 Å². The maximum Gasteiger partial charge on any atom is 0.234 e. The Labute approximate surface area is 116 Å². The Bertz CT molecular complexity index is 397. The third-order valence-corrected chi connectivity index (χ3v) is 3.33. The molecule has 1 aromatic rings. The molecule has 1 rings (SSSR count). The molecule has 4 nitrogen and oxygen atoms in total. The van der Waals surface area contributed by atoms with Gasteiger partial charge in [-0.1, -0.05) is 28.1 Å². The summed E-state index contributed by atoms with van der Waals surface area (Å²) in [5, 5.41) is 5.86. The normalized spacial score (nSPS) is 10.4. The Morgan fingerprint density at radius 2 is 2.22 bits per heavy atom. The summed E-state index contributed by atoms with van der Waals surface area (Å²) in [6.07, 6.45) is 0. The SMILES string of the molecule is COCCNC(=O)CNCc1ccc(C)c(Br)c1. The van der Waals surface area contributed by atoms with Crippen molar-refractivity contribution in [1.82, 2.24) is 10.6 Å². The van der Waals surface area contributed by atoms with Gasteiger partial charge in [0.1, 0.15) is 0 Å². The molecule has 0 aliphatic rings. The van der Waals surface area contributed by atoms with Crippen LogP contribution >= 0.6 is 15.9 Å². The summed E-state index contributed by atoms with van der Waals surface area (Å²) in [7, 11) is 1.61. The van der Waals surface area contributed by atoms with Gasteiger partial charge >= 0.3 is 0 Å². The molecular formula is C13H19BrN2O2. The van der Waals surface area contributed by atoms with E-state index in [1.807, 2.05) is 6.92 Å². The lowest BCUT2D eigenvalue weighted by Crippen LogP contribution is -2.35. The van der Waals surface area contributed by atoms with Gasteiger partial charge in [-0.05, 0) is 24.1 Å². The molecule has 0 bridgehead atoms. The van der Waals surface area contributed by atoms with Crippen molar-refractivity contribution in [3.8, 4) is 0 Å². The van der Waals surface area contributed by atoms with Gasteiger partial charge < -0.3 is 15.4 Å². The Morgan fingerprint density at radius 3 is 2.89 bits per heavy atom. The summed E-state index contributed by atoms with van der Waals surface area (Å²) in [5.74, 6) is -0.0155. The van der Waals surface area contributed by atoms with E-state index >= 15 is 0 Å². The van der Waals surface area contributed by atoms with Crippen LogP contribution in [0.5, 0.6) is 0 Å². The lowest BCUT2D eigenvalue weighted by Gasteiger charge is -2.07. The molecule has 100 valence electrons. The molecule has 0 aromatic heterocycles. The van der Waals surface area contributed by atoms with Crippen LogP contribution in [0.15, 0.2) is 22.7 Å². The molecule has 0 aliphatic carbocycles. The van der Waals surface area contributed by atoms with Crippen LogP contribution in [0.25, 0.3) is 0 Å². The van der Waals surface area contributed by atoms with Crippen molar-refractivity contribution >= 4 is 21.8 Å². The minimum absolute atomic E-state index is 0.0155. The molecule has 2 N–H and O–H groups in total.